The van der Waals surface area contributed by atoms with Crippen LogP contribution in [0.3, 0.4) is 0 Å². The molecule has 0 amide bonds. The van der Waals surface area contributed by atoms with E-state index >= 15 is 0 Å². The topological polar surface area (TPSA) is 23.8 Å². The molecule has 0 heterocycles. The van der Waals surface area contributed by atoms with Gasteiger partial charge in [0.2, 0.25) is 0 Å². The van der Waals surface area contributed by atoms with Gasteiger partial charge in [-0.1, -0.05) is 159 Å². The van der Waals surface area contributed by atoms with E-state index in [1.807, 2.05) is 44.2 Å². The molecule has 0 spiro atoms. The van der Waals surface area contributed by atoms with Gasteiger partial charge in [0.15, 0.2) is 0 Å². The predicted molar refractivity (Wildman–Crippen MR) is 202 cm³/mol. The van der Waals surface area contributed by atoms with Crippen LogP contribution in [0, 0.1) is 18.3 Å². The first-order chi connectivity index (χ1) is 23.1. The first-order valence-corrected chi connectivity index (χ1v) is 17.0. The highest BCUT2D eigenvalue weighted by Gasteiger charge is 2.29. The number of alkyl halides is 3. The van der Waals surface area contributed by atoms with Crippen molar-refractivity contribution in [1.29, 1.82) is 5.26 Å². The van der Waals surface area contributed by atoms with Gasteiger partial charge >= 0.3 is 6.18 Å². The third-order valence-electron chi connectivity index (χ3n) is 8.11. The Labute approximate surface area is 293 Å². The monoisotopic (exact) mass is 663 g/mol. The number of halogens is 3. The fraction of sp³-hybridized carbons (Fsp3) is 0.311. The second kappa shape index (κ2) is 20.0. The summed E-state index contributed by atoms with van der Waals surface area (Å²) in [6.07, 6.45) is -4.23. The summed E-state index contributed by atoms with van der Waals surface area (Å²) in [6, 6.07) is 42.9. The number of hydrogen-bond acceptors (Lipinski definition) is 1. The van der Waals surface area contributed by atoms with Crippen LogP contribution in [-0.2, 0) is 6.18 Å². The lowest BCUT2D eigenvalue weighted by Crippen LogP contribution is -2.04. The van der Waals surface area contributed by atoms with E-state index < -0.39 is 11.7 Å². The first kappa shape index (κ1) is 40.6. The molecule has 49 heavy (non-hydrogen) atoms. The number of benzene rings is 5. The largest absolute Gasteiger partial charge is 0.416 e. The molecule has 0 bridgehead atoms. The normalized spacial score (nSPS) is 10.8. The van der Waals surface area contributed by atoms with Crippen molar-refractivity contribution in [2.75, 3.05) is 0 Å². The second-order valence-corrected chi connectivity index (χ2v) is 13.3. The maximum Gasteiger partial charge on any atom is 0.416 e. The molecule has 0 fully saturated rings. The SMILES string of the molecule is CC(C)c1ccc(-c2ccccc2)cc1.CC(C)c1ccc(C#N)cc1.CC(C)c1ccc(C(F)(F)F)cc1.Cc1ccccc1C(C)C. The number of nitrogens with zero attached hydrogens (tertiary/aromatic N) is 1. The summed E-state index contributed by atoms with van der Waals surface area (Å²) in [5.74, 6) is 2.07. The molecule has 0 N–H and O–H groups in total. The molecule has 5 aromatic carbocycles. The van der Waals surface area contributed by atoms with E-state index in [1.165, 1.54) is 45.5 Å². The molecule has 0 aliphatic rings. The van der Waals surface area contributed by atoms with Crippen LogP contribution < -0.4 is 0 Å². The van der Waals surface area contributed by atoms with E-state index in [9.17, 15) is 13.2 Å². The van der Waals surface area contributed by atoms with Crippen LogP contribution in [0.5, 0.6) is 0 Å². The van der Waals surface area contributed by atoms with E-state index in [-0.39, 0.29) is 5.92 Å². The average molecular weight is 664 g/mol. The van der Waals surface area contributed by atoms with Gasteiger partial charge in [-0.15, -0.1) is 0 Å². The van der Waals surface area contributed by atoms with E-state index in [4.69, 9.17) is 5.26 Å². The fourth-order valence-electron chi connectivity index (χ4n) is 4.93. The van der Waals surface area contributed by atoms with Crippen LogP contribution in [0.4, 0.5) is 13.2 Å². The van der Waals surface area contributed by atoms with Crippen molar-refractivity contribution in [3.8, 4) is 17.2 Å². The fourth-order valence-corrected chi connectivity index (χ4v) is 4.93. The minimum absolute atomic E-state index is 0.266. The van der Waals surface area contributed by atoms with Crippen molar-refractivity contribution >= 4 is 0 Å². The number of aryl methyl sites for hydroxylation is 1. The van der Waals surface area contributed by atoms with Crippen molar-refractivity contribution in [3.63, 3.8) is 0 Å². The summed E-state index contributed by atoms with van der Waals surface area (Å²) in [4.78, 5) is 0. The maximum atomic E-state index is 12.1. The lowest BCUT2D eigenvalue weighted by atomic mass is 9.99. The zero-order valence-electron chi connectivity index (χ0n) is 30.5. The number of rotatable bonds is 5. The van der Waals surface area contributed by atoms with E-state index in [0.717, 1.165) is 23.3 Å². The zero-order chi connectivity index (χ0) is 36.6. The standard InChI is InChI=1S/C15H16.C10H11F3.C10H11N.C10H14/c1-12(2)13-8-10-15(11-9-13)14-6-4-3-5-7-14;1-7(2)8-3-5-9(6-4-8)10(11,12)13;1-8(2)10-5-3-9(7-11)4-6-10;1-8(2)10-7-5-4-6-9(10)3/h3-12H,1-2H3;3-7H,1-2H3;3-6,8H,1-2H3;4-8H,1-3H3. The molecule has 1 nitrogen and oxygen atoms in total. The van der Waals surface area contributed by atoms with E-state index in [1.54, 1.807) is 0 Å². The molecule has 5 aromatic rings. The molecule has 0 saturated heterocycles. The summed E-state index contributed by atoms with van der Waals surface area (Å²) in [5, 5.41) is 8.52. The molecule has 0 aromatic heterocycles. The number of hydrogen-bond donors (Lipinski definition) is 0. The highest BCUT2D eigenvalue weighted by molar-refractivity contribution is 5.63. The summed E-state index contributed by atoms with van der Waals surface area (Å²) >= 11 is 0. The third-order valence-corrected chi connectivity index (χ3v) is 8.11. The van der Waals surface area contributed by atoms with Crippen molar-refractivity contribution < 1.29 is 13.2 Å². The molecule has 0 aliphatic heterocycles. The lowest BCUT2D eigenvalue weighted by Gasteiger charge is -2.09. The molecule has 0 atom stereocenters. The van der Waals surface area contributed by atoms with Crippen LogP contribution in [0.15, 0.2) is 127 Å². The van der Waals surface area contributed by atoms with Gasteiger partial charge in [-0.3, -0.25) is 0 Å². The molecular weight excluding hydrogens is 611 g/mol. The van der Waals surface area contributed by atoms with Crippen molar-refractivity contribution in [3.05, 3.63) is 166 Å². The second-order valence-electron chi connectivity index (χ2n) is 13.3. The summed E-state index contributed by atoms with van der Waals surface area (Å²) < 4.78 is 36.4. The van der Waals surface area contributed by atoms with Gasteiger partial charge in [-0.2, -0.15) is 18.4 Å². The molecule has 0 unspecified atom stereocenters. The highest BCUT2D eigenvalue weighted by atomic mass is 19.4. The summed E-state index contributed by atoms with van der Waals surface area (Å²) in [7, 11) is 0. The Morgan fingerprint density at radius 1 is 0.469 bits per heavy atom. The lowest BCUT2D eigenvalue weighted by molar-refractivity contribution is -0.137. The van der Waals surface area contributed by atoms with Gasteiger partial charge in [-0.25, -0.2) is 0 Å². The first-order valence-electron chi connectivity index (χ1n) is 17.0. The molecule has 5 rings (SSSR count). The van der Waals surface area contributed by atoms with Crippen LogP contribution in [-0.4, -0.2) is 0 Å². The van der Waals surface area contributed by atoms with Gasteiger partial charge in [-0.05, 0) is 93.8 Å². The molecule has 258 valence electrons. The van der Waals surface area contributed by atoms with Crippen molar-refractivity contribution in [2.45, 2.75) is 92.2 Å². The Balaban J connectivity index is 0.000000230. The third kappa shape index (κ3) is 14.2. The van der Waals surface area contributed by atoms with Crippen LogP contribution in [0.2, 0.25) is 0 Å². The Morgan fingerprint density at radius 3 is 1.22 bits per heavy atom. The molecule has 0 aliphatic carbocycles. The van der Waals surface area contributed by atoms with Gasteiger partial charge < -0.3 is 0 Å². The quantitative estimate of drug-likeness (QED) is 0.184. The Bertz CT molecular complexity index is 1670. The van der Waals surface area contributed by atoms with Gasteiger partial charge in [0.1, 0.15) is 0 Å². The maximum absolute atomic E-state index is 12.1. The Kier molecular flexibility index (Phi) is 16.6. The van der Waals surface area contributed by atoms with Gasteiger partial charge in [0, 0.05) is 0 Å². The van der Waals surface area contributed by atoms with Gasteiger partial charge in [0.05, 0.1) is 17.2 Å². The Hall–Kier alpha value is -4.62. The smallest absolute Gasteiger partial charge is 0.192 e. The Morgan fingerprint density at radius 2 is 0.857 bits per heavy atom. The summed E-state index contributed by atoms with van der Waals surface area (Å²) in [5.41, 5.74) is 9.19. The number of nitriles is 1. The van der Waals surface area contributed by atoms with E-state index in [0.29, 0.717) is 17.8 Å². The molecular formula is C45H52F3N. The van der Waals surface area contributed by atoms with Crippen LogP contribution in [0.25, 0.3) is 11.1 Å². The zero-order valence-corrected chi connectivity index (χ0v) is 30.5. The minimum atomic E-state index is -4.23. The average Bonchev–Trinajstić information content (AvgIpc) is 3.09. The summed E-state index contributed by atoms with van der Waals surface area (Å²) in [6.45, 7) is 19.2. The van der Waals surface area contributed by atoms with Crippen molar-refractivity contribution in [1.82, 2.24) is 0 Å². The highest BCUT2D eigenvalue weighted by Crippen LogP contribution is 2.30. The predicted octanol–water partition coefficient (Wildman–Crippen LogP) is 14.1. The van der Waals surface area contributed by atoms with Gasteiger partial charge in [0.25, 0.3) is 0 Å². The van der Waals surface area contributed by atoms with Crippen LogP contribution >= 0.6 is 0 Å². The molecule has 0 saturated carbocycles. The molecule has 0 radical (unpaired) electrons. The van der Waals surface area contributed by atoms with E-state index in [2.05, 4.69) is 127 Å². The molecule has 4 heteroatoms. The van der Waals surface area contributed by atoms with Crippen LogP contribution in [0.1, 0.15) is 118 Å². The minimum Gasteiger partial charge on any atom is -0.192 e. The van der Waals surface area contributed by atoms with Crippen molar-refractivity contribution in [2.24, 2.45) is 0 Å².